The number of hydrogen-bond donors (Lipinski definition) is 1. The van der Waals surface area contributed by atoms with Crippen molar-refractivity contribution in [3.05, 3.63) is 0 Å². The molecule has 2 heterocycles. The topological polar surface area (TPSA) is 58.8 Å². The molecule has 2 saturated heterocycles. The van der Waals surface area contributed by atoms with Crippen LogP contribution in [0, 0.1) is 0 Å². The van der Waals surface area contributed by atoms with E-state index in [2.05, 4.69) is 18.9 Å². The maximum atomic E-state index is 12.3. The Morgan fingerprint density at radius 1 is 1.41 bits per heavy atom. The second-order valence-electron chi connectivity index (χ2n) is 5.17. The second-order valence-corrected chi connectivity index (χ2v) is 5.17. The Balaban J connectivity index is 1.88. The molecule has 0 spiro atoms. The highest BCUT2D eigenvalue weighted by Crippen LogP contribution is 2.21. The number of rotatable bonds is 2. The van der Waals surface area contributed by atoms with E-state index in [0.717, 1.165) is 32.5 Å². The summed E-state index contributed by atoms with van der Waals surface area (Å²) in [5.41, 5.74) is 5.56. The van der Waals surface area contributed by atoms with Gasteiger partial charge in [0.1, 0.15) is 6.10 Å². The molecule has 17 heavy (non-hydrogen) atoms. The summed E-state index contributed by atoms with van der Waals surface area (Å²) >= 11 is 0. The van der Waals surface area contributed by atoms with Gasteiger partial charge in [0, 0.05) is 32.2 Å². The van der Waals surface area contributed by atoms with Crippen molar-refractivity contribution in [2.75, 3.05) is 33.2 Å². The average Bonchev–Trinajstić information content (AvgIpc) is 2.80. The Kier molecular flexibility index (Phi) is 4.01. The van der Waals surface area contributed by atoms with Crippen molar-refractivity contribution < 1.29 is 9.53 Å². The predicted molar refractivity (Wildman–Crippen MR) is 65.6 cm³/mol. The average molecular weight is 241 g/mol. The molecule has 0 bridgehead atoms. The van der Waals surface area contributed by atoms with Crippen molar-refractivity contribution >= 4 is 5.91 Å². The zero-order valence-electron chi connectivity index (χ0n) is 10.8. The lowest BCUT2D eigenvalue weighted by molar-refractivity contribution is -0.145. The maximum absolute atomic E-state index is 12.3. The minimum atomic E-state index is -0.251. The van der Waals surface area contributed by atoms with Gasteiger partial charge in [-0.15, -0.1) is 0 Å². The third kappa shape index (κ3) is 2.78. The lowest BCUT2D eigenvalue weighted by Gasteiger charge is -2.38. The van der Waals surface area contributed by atoms with Crippen LogP contribution in [0.2, 0.25) is 0 Å². The van der Waals surface area contributed by atoms with Gasteiger partial charge in [0.25, 0.3) is 5.91 Å². The fourth-order valence-corrected chi connectivity index (χ4v) is 2.51. The molecule has 5 nitrogen and oxygen atoms in total. The van der Waals surface area contributed by atoms with Crippen molar-refractivity contribution in [2.24, 2.45) is 5.73 Å². The molecule has 5 heteroatoms. The van der Waals surface area contributed by atoms with Crippen LogP contribution in [-0.4, -0.2) is 67.2 Å². The molecule has 0 aromatic rings. The highest BCUT2D eigenvalue weighted by Gasteiger charge is 2.34. The number of hydrogen-bond acceptors (Lipinski definition) is 4. The van der Waals surface area contributed by atoms with E-state index in [1.165, 1.54) is 0 Å². The minimum Gasteiger partial charge on any atom is -0.364 e. The highest BCUT2D eigenvalue weighted by atomic mass is 16.5. The Labute approximate surface area is 103 Å². The molecule has 2 rings (SSSR count). The summed E-state index contributed by atoms with van der Waals surface area (Å²) in [6, 6.07) is 0.430. The molecule has 1 amide bonds. The van der Waals surface area contributed by atoms with E-state index in [4.69, 9.17) is 10.5 Å². The van der Waals surface area contributed by atoms with Gasteiger partial charge in [0.05, 0.1) is 6.10 Å². The van der Waals surface area contributed by atoms with Crippen molar-refractivity contribution in [3.8, 4) is 0 Å². The van der Waals surface area contributed by atoms with Gasteiger partial charge >= 0.3 is 0 Å². The fraction of sp³-hybridized carbons (Fsp3) is 0.917. The van der Waals surface area contributed by atoms with E-state index in [1.807, 2.05) is 4.90 Å². The minimum absolute atomic E-state index is 0.0776. The van der Waals surface area contributed by atoms with Gasteiger partial charge in [-0.25, -0.2) is 0 Å². The first-order chi connectivity index (χ1) is 8.11. The van der Waals surface area contributed by atoms with Crippen LogP contribution in [0.15, 0.2) is 0 Å². The first-order valence-electron chi connectivity index (χ1n) is 6.46. The van der Waals surface area contributed by atoms with Gasteiger partial charge in [-0.3, -0.25) is 4.79 Å². The molecule has 3 atom stereocenters. The van der Waals surface area contributed by atoms with Crippen LogP contribution in [0.5, 0.6) is 0 Å². The summed E-state index contributed by atoms with van der Waals surface area (Å²) in [5.74, 6) is 0.154. The third-order valence-electron chi connectivity index (χ3n) is 3.92. The fourth-order valence-electron chi connectivity index (χ4n) is 2.51. The van der Waals surface area contributed by atoms with Gasteiger partial charge < -0.3 is 20.3 Å². The second kappa shape index (κ2) is 5.33. The standard InChI is InChI=1S/C12H23N3O2/c1-9-8-15(6-5-14(9)2)12(16)11-4-3-10(7-13)17-11/h9-11H,3-8,13H2,1-2H3. The lowest BCUT2D eigenvalue weighted by atomic mass is 10.1. The zero-order valence-corrected chi connectivity index (χ0v) is 10.8. The lowest BCUT2D eigenvalue weighted by Crippen LogP contribution is -2.54. The largest absolute Gasteiger partial charge is 0.364 e. The molecule has 0 aliphatic carbocycles. The van der Waals surface area contributed by atoms with E-state index in [-0.39, 0.29) is 18.1 Å². The number of nitrogens with two attached hydrogens (primary N) is 1. The Hall–Kier alpha value is -0.650. The summed E-state index contributed by atoms with van der Waals surface area (Å²) in [4.78, 5) is 16.5. The summed E-state index contributed by atoms with van der Waals surface area (Å²) in [5, 5.41) is 0. The van der Waals surface area contributed by atoms with Crippen LogP contribution in [0.4, 0.5) is 0 Å². The van der Waals surface area contributed by atoms with Gasteiger partial charge in [0.2, 0.25) is 0 Å². The smallest absolute Gasteiger partial charge is 0.251 e. The predicted octanol–water partition coefficient (Wildman–Crippen LogP) is -0.345. The van der Waals surface area contributed by atoms with Crippen molar-refractivity contribution in [1.29, 1.82) is 0 Å². The summed E-state index contributed by atoms with van der Waals surface area (Å²) in [7, 11) is 2.10. The Morgan fingerprint density at radius 2 is 2.18 bits per heavy atom. The number of likely N-dealkylation sites (N-methyl/N-ethyl adjacent to an activating group) is 1. The number of carbonyl (C=O) groups is 1. The number of amides is 1. The van der Waals surface area contributed by atoms with Gasteiger partial charge in [0.15, 0.2) is 0 Å². The molecule has 2 N–H and O–H groups in total. The van der Waals surface area contributed by atoms with E-state index in [0.29, 0.717) is 12.6 Å². The molecule has 0 aromatic heterocycles. The van der Waals surface area contributed by atoms with Crippen LogP contribution in [0.3, 0.4) is 0 Å². The van der Waals surface area contributed by atoms with Crippen LogP contribution in [0.1, 0.15) is 19.8 Å². The SMILES string of the molecule is CC1CN(C(=O)C2CCC(CN)O2)CCN1C. The van der Waals surface area contributed by atoms with Crippen LogP contribution < -0.4 is 5.73 Å². The van der Waals surface area contributed by atoms with Crippen LogP contribution in [0.25, 0.3) is 0 Å². The number of nitrogens with zero attached hydrogens (tertiary/aromatic N) is 2. The molecule has 0 aromatic carbocycles. The normalized spacial score (nSPS) is 35.2. The summed E-state index contributed by atoms with van der Waals surface area (Å²) < 4.78 is 5.66. The quantitative estimate of drug-likeness (QED) is 0.718. The molecule has 2 aliphatic rings. The summed E-state index contributed by atoms with van der Waals surface area (Å²) in [6.07, 6.45) is 1.56. The Bertz CT molecular complexity index is 285. The number of carbonyl (C=O) groups excluding carboxylic acids is 1. The van der Waals surface area contributed by atoms with Crippen LogP contribution in [-0.2, 0) is 9.53 Å². The molecule has 0 saturated carbocycles. The van der Waals surface area contributed by atoms with E-state index < -0.39 is 0 Å². The molecular weight excluding hydrogens is 218 g/mol. The molecule has 98 valence electrons. The first kappa shape index (κ1) is 12.8. The van der Waals surface area contributed by atoms with Crippen LogP contribution >= 0.6 is 0 Å². The van der Waals surface area contributed by atoms with Gasteiger partial charge in [-0.05, 0) is 26.8 Å². The summed E-state index contributed by atoms with van der Waals surface area (Å²) in [6.45, 7) is 5.23. The monoisotopic (exact) mass is 241 g/mol. The van der Waals surface area contributed by atoms with Crippen molar-refractivity contribution in [2.45, 2.75) is 38.0 Å². The zero-order chi connectivity index (χ0) is 12.4. The third-order valence-corrected chi connectivity index (χ3v) is 3.92. The maximum Gasteiger partial charge on any atom is 0.251 e. The molecule has 3 unspecified atom stereocenters. The molecular formula is C12H23N3O2. The van der Waals surface area contributed by atoms with Gasteiger partial charge in [-0.2, -0.15) is 0 Å². The van der Waals surface area contributed by atoms with E-state index in [1.54, 1.807) is 0 Å². The van der Waals surface area contributed by atoms with Crippen molar-refractivity contribution in [3.63, 3.8) is 0 Å². The van der Waals surface area contributed by atoms with Crippen molar-refractivity contribution in [1.82, 2.24) is 9.80 Å². The number of piperazine rings is 1. The highest BCUT2D eigenvalue weighted by molar-refractivity contribution is 5.81. The first-order valence-corrected chi connectivity index (χ1v) is 6.46. The van der Waals surface area contributed by atoms with E-state index >= 15 is 0 Å². The molecule has 2 aliphatic heterocycles. The molecule has 2 fully saturated rings. The number of ether oxygens (including phenoxy) is 1. The Morgan fingerprint density at radius 3 is 2.76 bits per heavy atom. The van der Waals surface area contributed by atoms with E-state index in [9.17, 15) is 4.79 Å². The van der Waals surface area contributed by atoms with Gasteiger partial charge in [-0.1, -0.05) is 0 Å². The molecule has 0 radical (unpaired) electrons.